The first-order valence-corrected chi connectivity index (χ1v) is 7.14. The van der Waals surface area contributed by atoms with E-state index in [1.54, 1.807) is 7.11 Å². The van der Waals surface area contributed by atoms with Gasteiger partial charge in [0.05, 0.1) is 7.11 Å². The molecule has 0 spiro atoms. The van der Waals surface area contributed by atoms with E-state index in [1.165, 1.54) is 18.4 Å². The van der Waals surface area contributed by atoms with Crippen molar-refractivity contribution < 1.29 is 4.74 Å². The van der Waals surface area contributed by atoms with Crippen molar-refractivity contribution in [2.24, 2.45) is 0 Å². The topological polar surface area (TPSA) is 24.5 Å². The van der Waals surface area contributed by atoms with E-state index in [1.807, 2.05) is 6.07 Å². The van der Waals surface area contributed by atoms with Gasteiger partial charge in [0, 0.05) is 18.6 Å². The Kier molecular flexibility index (Phi) is 4.83. The largest absolute Gasteiger partial charge is 0.496 e. The van der Waals surface area contributed by atoms with Gasteiger partial charge in [-0.2, -0.15) is 0 Å². The first kappa shape index (κ1) is 14.4. The summed E-state index contributed by atoms with van der Waals surface area (Å²) in [6, 6.07) is 9.65. The lowest BCUT2D eigenvalue weighted by Gasteiger charge is -2.38. The van der Waals surface area contributed by atoms with Gasteiger partial charge in [-0.3, -0.25) is 0 Å². The highest BCUT2D eigenvalue weighted by Gasteiger charge is 2.31. The molecule has 19 heavy (non-hydrogen) atoms. The van der Waals surface area contributed by atoms with Crippen LogP contribution in [0, 0.1) is 0 Å². The SMILES string of the molecule is COc1ccccc1C1CC(NCC(C)N(C)C)C1. The fourth-order valence-corrected chi connectivity index (χ4v) is 2.56. The van der Waals surface area contributed by atoms with Gasteiger partial charge in [0.2, 0.25) is 0 Å². The summed E-state index contributed by atoms with van der Waals surface area (Å²) < 4.78 is 5.44. The van der Waals surface area contributed by atoms with Crippen LogP contribution >= 0.6 is 0 Å². The van der Waals surface area contributed by atoms with Crippen LogP contribution in [0.15, 0.2) is 24.3 Å². The number of hydrogen-bond donors (Lipinski definition) is 1. The lowest BCUT2D eigenvalue weighted by Crippen LogP contribution is -2.45. The minimum Gasteiger partial charge on any atom is -0.496 e. The van der Waals surface area contributed by atoms with Crippen LogP contribution in [-0.2, 0) is 0 Å². The van der Waals surface area contributed by atoms with Crippen LogP contribution in [-0.4, -0.2) is 44.7 Å². The summed E-state index contributed by atoms with van der Waals surface area (Å²) in [5.41, 5.74) is 1.36. The molecule has 0 bridgehead atoms. The van der Waals surface area contributed by atoms with Gasteiger partial charge < -0.3 is 15.0 Å². The predicted molar refractivity (Wildman–Crippen MR) is 79.9 cm³/mol. The third-order valence-electron chi connectivity index (χ3n) is 4.30. The summed E-state index contributed by atoms with van der Waals surface area (Å²) in [7, 11) is 6.02. The normalized spacial score (nSPS) is 24.1. The Labute approximate surface area is 116 Å². The molecule has 0 radical (unpaired) electrons. The first-order chi connectivity index (χ1) is 9.11. The molecule has 0 aromatic heterocycles. The average molecular weight is 262 g/mol. The molecule has 1 unspecified atom stereocenters. The minimum atomic E-state index is 0.588. The molecule has 1 aromatic carbocycles. The molecule has 106 valence electrons. The summed E-state index contributed by atoms with van der Waals surface area (Å²) in [6.45, 7) is 3.32. The second-order valence-electron chi connectivity index (χ2n) is 5.83. The Morgan fingerprint density at radius 3 is 2.63 bits per heavy atom. The average Bonchev–Trinajstić information content (AvgIpc) is 2.36. The van der Waals surface area contributed by atoms with E-state index in [2.05, 4.69) is 49.4 Å². The summed E-state index contributed by atoms with van der Waals surface area (Å²) in [4.78, 5) is 2.25. The number of rotatable bonds is 6. The number of likely N-dealkylation sites (N-methyl/N-ethyl adjacent to an activating group) is 1. The van der Waals surface area contributed by atoms with Crippen molar-refractivity contribution in [3.63, 3.8) is 0 Å². The molecule has 1 saturated carbocycles. The summed E-state index contributed by atoms with van der Waals surface area (Å²) in [5, 5.41) is 3.65. The van der Waals surface area contributed by atoms with Crippen LogP contribution in [0.3, 0.4) is 0 Å². The zero-order valence-electron chi connectivity index (χ0n) is 12.5. The van der Waals surface area contributed by atoms with E-state index in [0.717, 1.165) is 12.3 Å². The molecular formula is C16H26N2O. The van der Waals surface area contributed by atoms with Gasteiger partial charge in [-0.05, 0) is 51.4 Å². The number of hydrogen-bond acceptors (Lipinski definition) is 3. The fraction of sp³-hybridized carbons (Fsp3) is 0.625. The Bertz CT molecular complexity index is 399. The molecule has 3 heteroatoms. The molecule has 0 aliphatic heterocycles. The molecule has 0 saturated heterocycles. The quantitative estimate of drug-likeness (QED) is 0.852. The van der Waals surface area contributed by atoms with Crippen molar-refractivity contribution in [2.45, 2.75) is 37.8 Å². The molecule has 1 N–H and O–H groups in total. The second kappa shape index (κ2) is 6.40. The second-order valence-corrected chi connectivity index (χ2v) is 5.83. The lowest BCUT2D eigenvalue weighted by atomic mass is 9.75. The van der Waals surface area contributed by atoms with Crippen molar-refractivity contribution in [1.82, 2.24) is 10.2 Å². The van der Waals surface area contributed by atoms with E-state index < -0.39 is 0 Å². The summed E-state index contributed by atoms with van der Waals surface area (Å²) in [6.07, 6.45) is 2.45. The van der Waals surface area contributed by atoms with Crippen LogP contribution in [0.25, 0.3) is 0 Å². The van der Waals surface area contributed by atoms with E-state index >= 15 is 0 Å². The van der Waals surface area contributed by atoms with Crippen LogP contribution in [0.1, 0.15) is 31.2 Å². The molecule has 3 nitrogen and oxygen atoms in total. The lowest BCUT2D eigenvalue weighted by molar-refractivity contribution is 0.242. The van der Waals surface area contributed by atoms with E-state index in [0.29, 0.717) is 18.0 Å². The van der Waals surface area contributed by atoms with Gasteiger partial charge in [0.1, 0.15) is 5.75 Å². The highest BCUT2D eigenvalue weighted by Crippen LogP contribution is 2.40. The molecule has 0 heterocycles. The van der Waals surface area contributed by atoms with Gasteiger partial charge in [-0.15, -0.1) is 0 Å². The molecule has 1 aliphatic carbocycles. The Balaban J connectivity index is 1.80. The van der Waals surface area contributed by atoms with Crippen molar-refractivity contribution in [3.05, 3.63) is 29.8 Å². The summed E-state index contributed by atoms with van der Waals surface area (Å²) >= 11 is 0. The first-order valence-electron chi connectivity index (χ1n) is 7.14. The Hall–Kier alpha value is -1.06. The molecule has 1 atom stereocenters. The smallest absolute Gasteiger partial charge is 0.122 e. The third-order valence-corrected chi connectivity index (χ3v) is 4.30. The van der Waals surface area contributed by atoms with Crippen LogP contribution in [0.2, 0.25) is 0 Å². The van der Waals surface area contributed by atoms with Gasteiger partial charge in [-0.1, -0.05) is 18.2 Å². The van der Waals surface area contributed by atoms with Gasteiger partial charge in [0.25, 0.3) is 0 Å². The number of ether oxygens (including phenoxy) is 1. The molecule has 0 amide bonds. The van der Waals surface area contributed by atoms with Gasteiger partial charge in [-0.25, -0.2) is 0 Å². The number of benzene rings is 1. The Morgan fingerprint density at radius 1 is 1.32 bits per heavy atom. The number of methoxy groups -OCH3 is 1. The van der Waals surface area contributed by atoms with Crippen molar-refractivity contribution in [2.75, 3.05) is 27.7 Å². The highest BCUT2D eigenvalue weighted by atomic mass is 16.5. The molecular weight excluding hydrogens is 236 g/mol. The standard InChI is InChI=1S/C16H26N2O/c1-12(18(2)3)11-17-14-9-13(10-14)15-7-5-6-8-16(15)19-4/h5-8,12-14,17H,9-11H2,1-4H3. The van der Waals surface area contributed by atoms with Crippen LogP contribution in [0.5, 0.6) is 5.75 Å². The highest BCUT2D eigenvalue weighted by molar-refractivity contribution is 5.37. The zero-order valence-corrected chi connectivity index (χ0v) is 12.5. The van der Waals surface area contributed by atoms with Gasteiger partial charge in [0.15, 0.2) is 0 Å². The number of para-hydroxylation sites is 1. The fourth-order valence-electron chi connectivity index (χ4n) is 2.56. The van der Waals surface area contributed by atoms with Gasteiger partial charge >= 0.3 is 0 Å². The van der Waals surface area contributed by atoms with Crippen molar-refractivity contribution in [1.29, 1.82) is 0 Å². The molecule has 2 rings (SSSR count). The monoisotopic (exact) mass is 262 g/mol. The third kappa shape index (κ3) is 3.48. The van der Waals surface area contributed by atoms with E-state index in [9.17, 15) is 0 Å². The zero-order chi connectivity index (χ0) is 13.8. The molecule has 1 aliphatic rings. The maximum atomic E-state index is 5.44. The van der Waals surface area contributed by atoms with Crippen LogP contribution < -0.4 is 10.1 Å². The summed E-state index contributed by atoms with van der Waals surface area (Å²) in [5.74, 6) is 1.69. The predicted octanol–water partition coefficient (Wildman–Crippen LogP) is 2.48. The number of nitrogens with zero attached hydrogens (tertiary/aromatic N) is 1. The van der Waals surface area contributed by atoms with Crippen molar-refractivity contribution in [3.8, 4) is 5.75 Å². The molecule has 1 fully saturated rings. The maximum absolute atomic E-state index is 5.44. The van der Waals surface area contributed by atoms with E-state index in [-0.39, 0.29) is 0 Å². The minimum absolute atomic E-state index is 0.588. The van der Waals surface area contributed by atoms with Crippen molar-refractivity contribution >= 4 is 0 Å². The van der Waals surface area contributed by atoms with E-state index in [4.69, 9.17) is 4.74 Å². The number of nitrogens with one attached hydrogen (secondary N) is 1. The van der Waals surface area contributed by atoms with Crippen LogP contribution in [0.4, 0.5) is 0 Å². The molecule has 1 aromatic rings. The Morgan fingerprint density at radius 2 is 2.00 bits per heavy atom. The maximum Gasteiger partial charge on any atom is 0.122 e.